The number of methoxy groups -OCH3 is 2. The fourth-order valence-electron chi connectivity index (χ4n) is 2.74. The molecule has 0 bridgehead atoms. The lowest BCUT2D eigenvalue weighted by atomic mass is 10.1. The number of hydrogen-bond acceptors (Lipinski definition) is 6. The van der Waals surface area contributed by atoms with E-state index < -0.39 is 0 Å². The molecule has 0 radical (unpaired) electrons. The Hall–Kier alpha value is -2.94. The third kappa shape index (κ3) is 4.30. The van der Waals surface area contributed by atoms with E-state index in [0.29, 0.717) is 35.4 Å². The van der Waals surface area contributed by atoms with Crippen LogP contribution in [0.1, 0.15) is 5.56 Å². The van der Waals surface area contributed by atoms with Crippen molar-refractivity contribution < 1.29 is 14.3 Å². The quantitative estimate of drug-likeness (QED) is 0.595. The predicted molar refractivity (Wildman–Crippen MR) is 108 cm³/mol. The van der Waals surface area contributed by atoms with Gasteiger partial charge in [0.05, 0.1) is 19.6 Å². The third-order valence-electron chi connectivity index (χ3n) is 4.19. The van der Waals surface area contributed by atoms with Gasteiger partial charge in [0, 0.05) is 11.0 Å². The summed E-state index contributed by atoms with van der Waals surface area (Å²) < 4.78 is 12.5. The Bertz CT molecular complexity index is 1070. The second-order valence-corrected chi connectivity index (χ2v) is 6.82. The smallest absolute Gasteiger partial charge is 0.278 e. The number of carbonyl (C=O) groups is 1. The molecule has 1 heterocycles. The molecule has 0 aliphatic rings. The number of hydrogen-bond donors (Lipinski definition) is 1. The highest BCUT2D eigenvalue weighted by Crippen LogP contribution is 2.33. The van der Waals surface area contributed by atoms with Crippen LogP contribution in [-0.4, -0.2) is 41.7 Å². The van der Waals surface area contributed by atoms with Gasteiger partial charge in [-0.15, -0.1) is 5.10 Å². The first-order chi connectivity index (χ1) is 13.5. The van der Waals surface area contributed by atoms with E-state index in [1.165, 1.54) is 0 Å². The first-order valence-corrected chi connectivity index (χ1v) is 9.32. The standard InChI is InChI=1S/C19H19BrN4O4/c1-27-16-9-12(14(20)10-17(16)28-2)7-8-21-18(25)11-24-19(26)13-5-3-4-6-15(13)22-23-24/h3-6,9-10H,7-8,11H2,1-2H3,(H,21,25). The minimum absolute atomic E-state index is 0.191. The van der Waals surface area contributed by atoms with E-state index >= 15 is 0 Å². The van der Waals surface area contributed by atoms with Gasteiger partial charge in [-0.25, -0.2) is 4.68 Å². The Morgan fingerprint density at radius 3 is 2.64 bits per heavy atom. The normalized spacial score (nSPS) is 10.7. The number of nitrogens with one attached hydrogen (secondary N) is 1. The molecule has 1 N–H and O–H groups in total. The number of nitrogens with zero attached hydrogens (tertiary/aromatic N) is 3. The molecule has 0 spiro atoms. The van der Waals surface area contributed by atoms with Gasteiger partial charge < -0.3 is 14.8 Å². The third-order valence-corrected chi connectivity index (χ3v) is 4.93. The Morgan fingerprint density at radius 2 is 1.89 bits per heavy atom. The number of carbonyl (C=O) groups excluding carboxylic acids is 1. The van der Waals surface area contributed by atoms with Crippen LogP contribution in [-0.2, 0) is 17.8 Å². The Labute approximate surface area is 169 Å². The van der Waals surface area contributed by atoms with Gasteiger partial charge in [-0.3, -0.25) is 9.59 Å². The number of benzene rings is 2. The fraction of sp³-hybridized carbons (Fsp3) is 0.263. The van der Waals surface area contributed by atoms with Crippen molar-refractivity contribution >= 4 is 32.7 Å². The van der Waals surface area contributed by atoms with Crippen LogP contribution in [0.5, 0.6) is 11.5 Å². The molecule has 3 rings (SSSR count). The van der Waals surface area contributed by atoms with E-state index in [9.17, 15) is 9.59 Å². The van der Waals surface area contributed by atoms with Crippen LogP contribution in [0.15, 0.2) is 45.7 Å². The predicted octanol–water partition coefficient (Wildman–Crippen LogP) is 1.93. The van der Waals surface area contributed by atoms with Gasteiger partial charge in [0.2, 0.25) is 5.91 Å². The summed E-state index contributed by atoms with van der Waals surface area (Å²) in [5, 5.41) is 11.0. The number of amides is 1. The van der Waals surface area contributed by atoms with Crippen LogP contribution >= 0.6 is 15.9 Å². The summed E-state index contributed by atoms with van der Waals surface area (Å²) in [5.74, 6) is 0.921. The average Bonchev–Trinajstić information content (AvgIpc) is 2.71. The lowest BCUT2D eigenvalue weighted by Gasteiger charge is -2.12. The molecule has 3 aromatic rings. The second kappa shape index (κ2) is 8.83. The molecular formula is C19H19BrN4O4. The molecule has 0 aliphatic carbocycles. The second-order valence-electron chi connectivity index (χ2n) is 5.97. The first-order valence-electron chi connectivity index (χ1n) is 8.53. The number of fused-ring (bicyclic) bond motifs is 1. The van der Waals surface area contributed by atoms with Gasteiger partial charge in [0.25, 0.3) is 5.56 Å². The highest BCUT2D eigenvalue weighted by atomic mass is 79.9. The van der Waals surface area contributed by atoms with Crippen molar-refractivity contribution in [2.45, 2.75) is 13.0 Å². The van der Waals surface area contributed by atoms with E-state index in [4.69, 9.17) is 9.47 Å². The molecule has 0 fully saturated rings. The molecule has 0 unspecified atom stereocenters. The molecular weight excluding hydrogens is 428 g/mol. The maximum Gasteiger partial charge on any atom is 0.278 e. The largest absolute Gasteiger partial charge is 0.493 e. The fourth-order valence-corrected chi connectivity index (χ4v) is 3.26. The molecule has 28 heavy (non-hydrogen) atoms. The SMILES string of the molecule is COc1cc(Br)c(CCNC(=O)Cn2nnc3ccccc3c2=O)cc1OC. The molecule has 1 aromatic heterocycles. The van der Waals surface area contributed by atoms with Gasteiger partial charge >= 0.3 is 0 Å². The van der Waals surface area contributed by atoms with Gasteiger partial charge in [-0.1, -0.05) is 33.3 Å². The van der Waals surface area contributed by atoms with Crippen LogP contribution in [0.3, 0.4) is 0 Å². The summed E-state index contributed by atoms with van der Waals surface area (Å²) in [5.41, 5.74) is 1.12. The zero-order chi connectivity index (χ0) is 20.1. The summed E-state index contributed by atoms with van der Waals surface area (Å²) in [7, 11) is 3.14. The van der Waals surface area contributed by atoms with Crippen molar-refractivity contribution in [3.05, 3.63) is 56.8 Å². The molecule has 0 saturated heterocycles. The maximum absolute atomic E-state index is 12.4. The lowest BCUT2D eigenvalue weighted by Crippen LogP contribution is -2.35. The zero-order valence-corrected chi connectivity index (χ0v) is 17.0. The summed E-state index contributed by atoms with van der Waals surface area (Å²) >= 11 is 3.49. The van der Waals surface area contributed by atoms with Crippen LogP contribution in [0.4, 0.5) is 0 Å². The van der Waals surface area contributed by atoms with Gasteiger partial charge in [-0.05, 0) is 36.2 Å². The molecule has 1 amide bonds. The van der Waals surface area contributed by atoms with Crippen molar-refractivity contribution in [1.82, 2.24) is 20.3 Å². The van der Waals surface area contributed by atoms with Crippen LogP contribution in [0.2, 0.25) is 0 Å². The maximum atomic E-state index is 12.4. The van der Waals surface area contributed by atoms with Crippen molar-refractivity contribution in [2.24, 2.45) is 0 Å². The Kier molecular flexibility index (Phi) is 6.25. The molecule has 0 saturated carbocycles. The van der Waals surface area contributed by atoms with E-state index in [1.54, 1.807) is 38.5 Å². The van der Waals surface area contributed by atoms with Gasteiger partial charge in [-0.2, -0.15) is 0 Å². The molecule has 8 nitrogen and oxygen atoms in total. The minimum Gasteiger partial charge on any atom is -0.493 e. The van der Waals surface area contributed by atoms with Crippen molar-refractivity contribution in [2.75, 3.05) is 20.8 Å². The highest BCUT2D eigenvalue weighted by Gasteiger charge is 2.11. The van der Waals surface area contributed by atoms with E-state index in [1.807, 2.05) is 12.1 Å². The molecule has 146 valence electrons. The van der Waals surface area contributed by atoms with Gasteiger partial charge in [0.1, 0.15) is 12.1 Å². The summed E-state index contributed by atoms with van der Waals surface area (Å²) in [4.78, 5) is 24.6. The Morgan fingerprint density at radius 1 is 1.18 bits per heavy atom. The average molecular weight is 447 g/mol. The van der Waals surface area contributed by atoms with Crippen molar-refractivity contribution in [1.29, 1.82) is 0 Å². The summed E-state index contributed by atoms with van der Waals surface area (Å²) in [6, 6.07) is 10.6. The lowest BCUT2D eigenvalue weighted by molar-refractivity contribution is -0.121. The van der Waals surface area contributed by atoms with Crippen molar-refractivity contribution in [3.8, 4) is 11.5 Å². The summed E-state index contributed by atoms with van der Waals surface area (Å²) in [6.45, 7) is 0.201. The number of ether oxygens (including phenoxy) is 2. The monoisotopic (exact) mass is 446 g/mol. The topological polar surface area (TPSA) is 95.3 Å². The van der Waals surface area contributed by atoms with Crippen LogP contribution in [0, 0.1) is 0 Å². The molecule has 9 heteroatoms. The number of aromatic nitrogens is 3. The van der Waals surface area contributed by atoms with E-state index in [2.05, 4.69) is 31.6 Å². The number of halogens is 1. The highest BCUT2D eigenvalue weighted by molar-refractivity contribution is 9.10. The Balaban J connectivity index is 1.63. The molecule has 2 aromatic carbocycles. The van der Waals surface area contributed by atoms with Crippen LogP contribution in [0.25, 0.3) is 10.9 Å². The summed E-state index contributed by atoms with van der Waals surface area (Å²) in [6.07, 6.45) is 0.574. The van der Waals surface area contributed by atoms with Crippen LogP contribution < -0.4 is 20.3 Å². The minimum atomic E-state index is -0.344. The first kappa shape index (κ1) is 19.8. The number of rotatable bonds is 7. The molecule has 0 atom stereocenters. The van der Waals surface area contributed by atoms with Gasteiger partial charge in [0.15, 0.2) is 11.5 Å². The molecule has 0 aliphatic heterocycles. The van der Waals surface area contributed by atoms with Crippen molar-refractivity contribution in [3.63, 3.8) is 0 Å². The van der Waals surface area contributed by atoms with E-state index in [-0.39, 0.29) is 18.0 Å². The van der Waals surface area contributed by atoms with E-state index in [0.717, 1.165) is 14.7 Å². The zero-order valence-electron chi connectivity index (χ0n) is 15.4.